The van der Waals surface area contributed by atoms with Crippen molar-refractivity contribution in [3.05, 3.63) is 23.2 Å². The first-order valence-corrected chi connectivity index (χ1v) is 6.94. The van der Waals surface area contributed by atoms with Gasteiger partial charge in [-0.3, -0.25) is 0 Å². The van der Waals surface area contributed by atoms with Crippen molar-refractivity contribution >= 4 is 0 Å². The molecule has 0 aromatic carbocycles. The van der Waals surface area contributed by atoms with Crippen LogP contribution in [0.5, 0.6) is 0 Å². The summed E-state index contributed by atoms with van der Waals surface area (Å²) in [5.41, 5.74) is 1.46. The summed E-state index contributed by atoms with van der Waals surface area (Å²) in [6.45, 7) is 10.4. The second kappa shape index (κ2) is 6.95. The number of aliphatic hydroxyl groups excluding tert-OH is 1. The van der Waals surface area contributed by atoms with Gasteiger partial charge in [0.05, 0.1) is 0 Å². The highest BCUT2D eigenvalue weighted by atomic mass is 16.3. The second-order valence-corrected chi connectivity index (χ2v) is 5.22. The third-order valence-corrected chi connectivity index (χ3v) is 4.10. The molecule has 0 aliphatic heterocycles. The van der Waals surface area contributed by atoms with E-state index in [1.54, 1.807) is 0 Å². The van der Waals surface area contributed by atoms with Gasteiger partial charge in [-0.2, -0.15) is 0 Å². The fraction of sp³-hybridized carbons (Fsp3) is 0.733. The molecule has 1 rings (SSSR count). The fourth-order valence-corrected chi connectivity index (χ4v) is 2.50. The first-order chi connectivity index (χ1) is 8.56. The number of aliphatic hydroxyl groups is 1. The molecule has 3 heteroatoms. The van der Waals surface area contributed by atoms with Crippen molar-refractivity contribution in [2.24, 2.45) is 5.41 Å². The number of nitrogens with one attached hydrogen (secondary N) is 1. The minimum atomic E-state index is 0.224. The zero-order chi connectivity index (χ0) is 13.6. The van der Waals surface area contributed by atoms with Crippen LogP contribution in [-0.2, 0) is 6.54 Å². The van der Waals surface area contributed by atoms with E-state index in [0.717, 1.165) is 43.9 Å². The molecule has 0 spiro atoms. The molecule has 0 amide bonds. The number of aryl methyl sites for hydroxylation is 2. The van der Waals surface area contributed by atoms with Gasteiger partial charge in [-0.25, -0.2) is 0 Å². The Morgan fingerprint density at radius 3 is 2.39 bits per heavy atom. The maximum Gasteiger partial charge on any atom is 0.105 e. The average molecular weight is 253 g/mol. The molecule has 0 radical (unpaired) electrons. The zero-order valence-corrected chi connectivity index (χ0v) is 12.2. The topological polar surface area (TPSA) is 45.4 Å². The summed E-state index contributed by atoms with van der Waals surface area (Å²) in [4.78, 5) is 0. The molecule has 2 N–H and O–H groups in total. The maximum atomic E-state index is 9.19. The molecule has 1 aromatic rings. The van der Waals surface area contributed by atoms with Crippen LogP contribution in [0.15, 0.2) is 10.5 Å². The molecule has 0 bridgehead atoms. The number of rotatable bonds is 8. The van der Waals surface area contributed by atoms with E-state index < -0.39 is 0 Å². The van der Waals surface area contributed by atoms with Crippen LogP contribution in [0, 0.1) is 19.3 Å². The van der Waals surface area contributed by atoms with Crippen LogP contribution in [0.25, 0.3) is 0 Å². The van der Waals surface area contributed by atoms with E-state index in [1.165, 1.54) is 5.56 Å². The summed E-state index contributed by atoms with van der Waals surface area (Å²) in [6.07, 6.45) is 3.07. The fourth-order valence-electron chi connectivity index (χ4n) is 2.50. The highest BCUT2D eigenvalue weighted by molar-refractivity contribution is 5.19. The number of furan rings is 1. The zero-order valence-electron chi connectivity index (χ0n) is 12.2. The normalized spacial score (nSPS) is 12.1. The van der Waals surface area contributed by atoms with E-state index >= 15 is 0 Å². The minimum Gasteiger partial charge on any atom is -0.466 e. The molecular weight excluding hydrogens is 226 g/mol. The Kier molecular flexibility index (Phi) is 5.89. The Hall–Kier alpha value is -0.800. The highest BCUT2D eigenvalue weighted by Gasteiger charge is 2.24. The highest BCUT2D eigenvalue weighted by Crippen LogP contribution is 2.29. The van der Waals surface area contributed by atoms with Crippen LogP contribution in [-0.4, -0.2) is 18.3 Å². The number of hydrogen-bond acceptors (Lipinski definition) is 3. The van der Waals surface area contributed by atoms with Crippen LogP contribution in [0.3, 0.4) is 0 Å². The molecule has 0 aliphatic rings. The second-order valence-electron chi connectivity index (χ2n) is 5.22. The molecule has 0 saturated carbocycles. The van der Waals surface area contributed by atoms with Gasteiger partial charge in [0.2, 0.25) is 0 Å². The van der Waals surface area contributed by atoms with Gasteiger partial charge in [-0.15, -0.1) is 0 Å². The Balaban J connectivity index is 2.51. The monoisotopic (exact) mass is 253 g/mol. The van der Waals surface area contributed by atoms with Crippen LogP contribution >= 0.6 is 0 Å². The van der Waals surface area contributed by atoms with Crippen molar-refractivity contribution in [1.29, 1.82) is 0 Å². The van der Waals surface area contributed by atoms with Gasteiger partial charge in [0.1, 0.15) is 11.5 Å². The van der Waals surface area contributed by atoms with Gasteiger partial charge in [0.15, 0.2) is 0 Å². The molecule has 1 aromatic heterocycles. The van der Waals surface area contributed by atoms with Gasteiger partial charge >= 0.3 is 0 Å². The van der Waals surface area contributed by atoms with E-state index in [9.17, 15) is 5.11 Å². The van der Waals surface area contributed by atoms with Crippen molar-refractivity contribution < 1.29 is 9.52 Å². The van der Waals surface area contributed by atoms with Crippen LogP contribution in [0.2, 0.25) is 0 Å². The first kappa shape index (κ1) is 15.3. The van der Waals surface area contributed by atoms with Crippen LogP contribution in [0.1, 0.15) is 50.2 Å². The third kappa shape index (κ3) is 3.85. The smallest absolute Gasteiger partial charge is 0.105 e. The van der Waals surface area contributed by atoms with E-state index in [1.807, 2.05) is 13.8 Å². The van der Waals surface area contributed by atoms with Crippen molar-refractivity contribution in [2.75, 3.05) is 13.2 Å². The minimum absolute atomic E-state index is 0.224. The SMILES string of the molecule is CCC(CC)(CCO)CNCc1cc(C)oc1C. The van der Waals surface area contributed by atoms with Crippen molar-refractivity contribution in [2.45, 2.75) is 53.5 Å². The van der Waals surface area contributed by atoms with Crippen LogP contribution < -0.4 is 5.32 Å². The van der Waals surface area contributed by atoms with E-state index in [0.29, 0.717) is 0 Å². The lowest BCUT2D eigenvalue weighted by atomic mass is 9.79. The van der Waals surface area contributed by atoms with E-state index in [4.69, 9.17) is 4.42 Å². The van der Waals surface area contributed by atoms with Gasteiger partial charge in [-0.1, -0.05) is 13.8 Å². The Bertz CT molecular complexity index is 353. The van der Waals surface area contributed by atoms with Gasteiger partial charge in [-0.05, 0) is 44.6 Å². The molecule has 3 nitrogen and oxygen atoms in total. The largest absolute Gasteiger partial charge is 0.466 e. The molecule has 0 unspecified atom stereocenters. The molecule has 104 valence electrons. The predicted molar refractivity (Wildman–Crippen MR) is 74.6 cm³/mol. The van der Waals surface area contributed by atoms with Crippen LogP contribution in [0.4, 0.5) is 0 Å². The van der Waals surface area contributed by atoms with E-state index in [2.05, 4.69) is 25.2 Å². The maximum absolute atomic E-state index is 9.19. The molecule has 0 atom stereocenters. The van der Waals surface area contributed by atoms with Gasteiger partial charge in [0, 0.05) is 25.3 Å². The van der Waals surface area contributed by atoms with Crippen molar-refractivity contribution in [3.63, 3.8) is 0 Å². The lowest BCUT2D eigenvalue weighted by Gasteiger charge is -2.31. The number of hydrogen-bond donors (Lipinski definition) is 2. The van der Waals surface area contributed by atoms with Gasteiger partial charge < -0.3 is 14.8 Å². The summed E-state index contributed by atoms with van der Waals surface area (Å²) in [5.74, 6) is 1.97. The average Bonchev–Trinajstić information content (AvgIpc) is 2.67. The molecular formula is C15H27NO2. The lowest BCUT2D eigenvalue weighted by molar-refractivity contribution is 0.163. The summed E-state index contributed by atoms with van der Waals surface area (Å²) in [5, 5.41) is 12.7. The molecule has 0 aliphatic carbocycles. The molecule has 0 fully saturated rings. The Morgan fingerprint density at radius 1 is 1.28 bits per heavy atom. The van der Waals surface area contributed by atoms with Crippen molar-refractivity contribution in [1.82, 2.24) is 5.32 Å². The predicted octanol–water partition coefficient (Wildman–Crippen LogP) is 3.17. The Morgan fingerprint density at radius 2 is 1.94 bits per heavy atom. The summed E-state index contributed by atoms with van der Waals surface area (Å²) in [6, 6.07) is 2.09. The molecule has 18 heavy (non-hydrogen) atoms. The summed E-state index contributed by atoms with van der Waals surface area (Å²) in [7, 11) is 0. The van der Waals surface area contributed by atoms with Crippen molar-refractivity contribution in [3.8, 4) is 0 Å². The standard InChI is InChI=1S/C15H27NO2/c1-5-15(6-2,7-8-17)11-16-10-14-9-12(3)18-13(14)4/h9,16-17H,5-8,10-11H2,1-4H3. The first-order valence-electron chi connectivity index (χ1n) is 6.94. The quantitative estimate of drug-likeness (QED) is 0.748. The lowest BCUT2D eigenvalue weighted by Crippen LogP contribution is -2.34. The van der Waals surface area contributed by atoms with E-state index in [-0.39, 0.29) is 12.0 Å². The van der Waals surface area contributed by atoms with Gasteiger partial charge in [0.25, 0.3) is 0 Å². The summed E-state index contributed by atoms with van der Waals surface area (Å²) < 4.78 is 5.52. The molecule has 1 heterocycles. The Labute approximate surface area is 111 Å². The third-order valence-electron chi connectivity index (χ3n) is 4.10. The molecule has 0 saturated heterocycles. The summed E-state index contributed by atoms with van der Waals surface area (Å²) >= 11 is 0.